The lowest BCUT2D eigenvalue weighted by molar-refractivity contribution is 0.275. The lowest BCUT2D eigenvalue weighted by Gasteiger charge is -2.06. The molecule has 1 aliphatic rings. The first kappa shape index (κ1) is 8.70. The van der Waals surface area contributed by atoms with Gasteiger partial charge >= 0.3 is 0 Å². The van der Waals surface area contributed by atoms with Crippen molar-refractivity contribution in [1.82, 2.24) is 4.98 Å². The quantitative estimate of drug-likeness (QED) is 0.766. The van der Waals surface area contributed by atoms with Crippen LogP contribution in [0.1, 0.15) is 42.6 Å². The van der Waals surface area contributed by atoms with Crippen LogP contribution in [0, 0.1) is 0 Å². The molecule has 1 aromatic rings. The number of pyridine rings is 1. The Balaban J connectivity index is 2.33. The van der Waals surface area contributed by atoms with Gasteiger partial charge in [0.25, 0.3) is 0 Å². The molecular formula is C11H15NO. The van der Waals surface area contributed by atoms with Crippen LogP contribution in [0.3, 0.4) is 0 Å². The molecule has 0 unspecified atom stereocenters. The predicted octanol–water partition coefficient (Wildman–Crippen LogP) is 2.01. The fourth-order valence-electron chi connectivity index (χ4n) is 1.65. The smallest absolute Gasteiger partial charge is 0.0856 e. The van der Waals surface area contributed by atoms with Crippen molar-refractivity contribution in [3.8, 4) is 0 Å². The second-order valence-corrected chi connectivity index (χ2v) is 3.62. The summed E-state index contributed by atoms with van der Waals surface area (Å²) in [6, 6.07) is 4.21. The van der Waals surface area contributed by atoms with Gasteiger partial charge < -0.3 is 5.11 Å². The Morgan fingerprint density at radius 3 is 2.77 bits per heavy atom. The summed E-state index contributed by atoms with van der Waals surface area (Å²) in [5.74, 6) is 0.681. The number of aliphatic hydroxyl groups is 1. The second-order valence-electron chi connectivity index (χ2n) is 3.62. The van der Waals surface area contributed by atoms with Crippen molar-refractivity contribution >= 4 is 0 Å². The summed E-state index contributed by atoms with van der Waals surface area (Å²) in [6.45, 7) is 2.17. The van der Waals surface area contributed by atoms with E-state index in [1.165, 1.54) is 18.4 Å². The van der Waals surface area contributed by atoms with Crippen molar-refractivity contribution in [2.45, 2.75) is 38.7 Å². The number of rotatable bonds is 3. The monoisotopic (exact) mass is 177 g/mol. The molecule has 0 spiro atoms. The first-order valence-corrected chi connectivity index (χ1v) is 4.94. The number of aliphatic hydroxyl groups excluding tert-OH is 1. The Morgan fingerprint density at radius 2 is 2.23 bits per heavy atom. The molecule has 1 fully saturated rings. The summed E-state index contributed by atoms with van der Waals surface area (Å²) in [7, 11) is 0. The average molecular weight is 177 g/mol. The fourth-order valence-corrected chi connectivity index (χ4v) is 1.65. The van der Waals surface area contributed by atoms with Gasteiger partial charge in [-0.15, -0.1) is 0 Å². The second kappa shape index (κ2) is 3.46. The number of aromatic nitrogens is 1. The van der Waals surface area contributed by atoms with E-state index in [-0.39, 0.29) is 6.61 Å². The van der Waals surface area contributed by atoms with Crippen LogP contribution in [-0.2, 0) is 13.0 Å². The summed E-state index contributed by atoms with van der Waals surface area (Å²) < 4.78 is 0. The van der Waals surface area contributed by atoms with E-state index in [1.54, 1.807) is 0 Å². The summed E-state index contributed by atoms with van der Waals surface area (Å²) in [5.41, 5.74) is 3.23. The van der Waals surface area contributed by atoms with Crippen LogP contribution in [-0.4, -0.2) is 10.1 Å². The van der Waals surface area contributed by atoms with Gasteiger partial charge in [0.15, 0.2) is 0 Å². The maximum absolute atomic E-state index is 9.15. The summed E-state index contributed by atoms with van der Waals surface area (Å²) in [6.07, 6.45) is 3.47. The molecule has 0 aliphatic heterocycles. The third kappa shape index (κ3) is 1.73. The molecule has 2 nitrogen and oxygen atoms in total. The van der Waals surface area contributed by atoms with E-state index >= 15 is 0 Å². The molecule has 1 heterocycles. The zero-order valence-electron chi connectivity index (χ0n) is 7.95. The molecule has 0 aromatic carbocycles. The van der Waals surface area contributed by atoms with Gasteiger partial charge in [-0.2, -0.15) is 0 Å². The maximum atomic E-state index is 9.15. The van der Waals surface area contributed by atoms with E-state index in [0.717, 1.165) is 17.8 Å². The molecule has 1 N–H and O–H groups in total. The van der Waals surface area contributed by atoms with Crippen LogP contribution < -0.4 is 0 Å². The van der Waals surface area contributed by atoms with Gasteiger partial charge in [0, 0.05) is 5.69 Å². The molecule has 2 heteroatoms. The van der Waals surface area contributed by atoms with Crippen molar-refractivity contribution in [1.29, 1.82) is 0 Å². The molecule has 1 saturated carbocycles. The minimum atomic E-state index is 0.0830. The van der Waals surface area contributed by atoms with Crippen LogP contribution in [0.4, 0.5) is 0 Å². The van der Waals surface area contributed by atoms with Crippen molar-refractivity contribution in [2.75, 3.05) is 0 Å². The molecule has 13 heavy (non-hydrogen) atoms. The van der Waals surface area contributed by atoms with E-state index < -0.39 is 0 Å². The van der Waals surface area contributed by atoms with Crippen LogP contribution in [0.5, 0.6) is 0 Å². The van der Waals surface area contributed by atoms with Gasteiger partial charge in [0.05, 0.1) is 12.3 Å². The Bertz CT molecular complexity index is 305. The largest absolute Gasteiger partial charge is 0.390 e. The number of hydrogen-bond donors (Lipinski definition) is 1. The van der Waals surface area contributed by atoms with Gasteiger partial charge in [0.2, 0.25) is 0 Å². The van der Waals surface area contributed by atoms with Crippen molar-refractivity contribution < 1.29 is 5.11 Å². The molecule has 2 rings (SSSR count). The van der Waals surface area contributed by atoms with E-state index in [2.05, 4.69) is 24.0 Å². The lowest BCUT2D eigenvalue weighted by atomic mass is 10.1. The molecule has 70 valence electrons. The lowest BCUT2D eigenvalue weighted by Crippen LogP contribution is -1.99. The standard InChI is InChI=1S/C11H15NO/c1-2-9-5-6-10(8-3-4-8)11(7-13)12-9/h5-6,8,13H,2-4,7H2,1H3. The number of nitrogens with zero attached hydrogens (tertiary/aromatic N) is 1. The summed E-state index contributed by atoms with van der Waals surface area (Å²) in [4.78, 5) is 4.42. The van der Waals surface area contributed by atoms with Gasteiger partial charge in [-0.25, -0.2) is 0 Å². The van der Waals surface area contributed by atoms with E-state index in [0.29, 0.717) is 5.92 Å². The normalized spacial score (nSPS) is 16.2. The molecular weight excluding hydrogens is 162 g/mol. The molecule has 0 atom stereocenters. The SMILES string of the molecule is CCc1ccc(C2CC2)c(CO)n1. The topological polar surface area (TPSA) is 33.1 Å². The minimum absolute atomic E-state index is 0.0830. The Morgan fingerprint density at radius 1 is 1.46 bits per heavy atom. The van der Waals surface area contributed by atoms with Crippen molar-refractivity contribution in [3.05, 3.63) is 29.1 Å². The molecule has 0 bridgehead atoms. The van der Waals surface area contributed by atoms with E-state index in [4.69, 9.17) is 5.11 Å². The zero-order valence-corrected chi connectivity index (χ0v) is 7.95. The van der Waals surface area contributed by atoms with Crippen LogP contribution in [0.2, 0.25) is 0 Å². The highest BCUT2D eigenvalue weighted by atomic mass is 16.3. The molecule has 1 aromatic heterocycles. The summed E-state index contributed by atoms with van der Waals surface area (Å²) in [5, 5.41) is 9.15. The van der Waals surface area contributed by atoms with Crippen molar-refractivity contribution in [2.24, 2.45) is 0 Å². The highest BCUT2D eigenvalue weighted by molar-refractivity contribution is 5.29. The average Bonchev–Trinajstić information content (AvgIpc) is 3.00. The van der Waals surface area contributed by atoms with Gasteiger partial charge in [-0.1, -0.05) is 13.0 Å². The molecule has 1 aliphatic carbocycles. The molecule has 0 amide bonds. The van der Waals surface area contributed by atoms with Gasteiger partial charge in [-0.3, -0.25) is 4.98 Å². The molecule has 0 radical (unpaired) electrons. The first-order valence-electron chi connectivity index (χ1n) is 4.94. The van der Waals surface area contributed by atoms with Crippen LogP contribution in [0.25, 0.3) is 0 Å². The molecule has 0 saturated heterocycles. The Hall–Kier alpha value is -0.890. The third-order valence-corrected chi connectivity index (χ3v) is 2.60. The minimum Gasteiger partial charge on any atom is -0.390 e. The first-order chi connectivity index (χ1) is 6.35. The number of aryl methyl sites for hydroxylation is 1. The fraction of sp³-hybridized carbons (Fsp3) is 0.545. The van der Waals surface area contributed by atoms with Crippen molar-refractivity contribution in [3.63, 3.8) is 0 Å². The van der Waals surface area contributed by atoms with Crippen LogP contribution in [0.15, 0.2) is 12.1 Å². The Kier molecular flexibility index (Phi) is 2.32. The highest BCUT2D eigenvalue weighted by Gasteiger charge is 2.26. The van der Waals surface area contributed by atoms with Gasteiger partial charge in [0.1, 0.15) is 0 Å². The third-order valence-electron chi connectivity index (χ3n) is 2.60. The zero-order chi connectivity index (χ0) is 9.26. The summed E-state index contributed by atoms with van der Waals surface area (Å²) >= 11 is 0. The van der Waals surface area contributed by atoms with Gasteiger partial charge in [-0.05, 0) is 36.8 Å². The number of hydrogen-bond acceptors (Lipinski definition) is 2. The van der Waals surface area contributed by atoms with Crippen LogP contribution >= 0.6 is 0 Å². The maximum Gasteiger partial charge on any atom is 0.0856 e. The van der Waals surface area contributed by atoms with E-state index in [9.17, 15) is 0 Å². The Labute approximate surface area is 78.6 Å². The predicted molar refractivity (Wildman–Crippen MR) is 51.5 cm³/mol. The highest BCUT2D eigenvalue weighted by Crippen LogP contribution is 2.41. The van der Waals surface area contributed by atoms with E-state index in [1.807, 2.05) is 0 Å².